The van der Waals surface area contributed by atoms with Crippen LogP contribution in [0, 0.1) is 10.1 Å². The maximum Gasteiger partial charge on any atom is 0.386 e. The molecule has 92 valence electrons. The van der Waals surface area contributed by atoms with Gasteiger partial charge in [0, 0.05) is 23.5 Å². The summed E-state index contributed by atoms with van der Waals surface area (Å²) in [5, 5.41) is 12.9. The van der Waals surface area contributed by atoms with Crippen molar-refractivity contribution in [3.63, 3.8) is 0 Å². The van der Waals surface area contributed by atoms with E-state index in [-0.39, 0.29) is 12.1 Å². The van der Waals surface area contributed by atoms with E-state index in [0.717, 1.165) is 0 Å². The zero-order valence-corrected chi connectivity index (χ0v) is 8.85. The van der Waals surface area contributed by atoms with Gasteiger partial charge in [-0.2, -0.15) is 0 Å². The molecule has 0 N–H and O–H groups in total. The third-order valence-corrected chi connectivity index (χ3v) is 1.90. The SMILES string of the molecule is [N-]=[N+]=NOC(=O)C(=O)Cc1ccc([N+](=O)[O-])cc1. The molecule has 1 aromatic carbocycles. The second-order valence-electron chi connectivity index (χ2n) is 3.07. The minimum Gasteiger partial charge on any atom is -0.353 e. The highest BCUT2D eigenvalue weighted by atomic mass is 16.7. The summed E-state index contributed by atoms with van der Waals surface area (Å²) in [7, 11) is 0. The van der Waals surface area contributed by atoms with Crippen molar-refractivity contribution in [2.24, 2.45) is 5.28 Å². The number of nitro groups is 1. The standard InChI is InChI=1S/C9H6N4O5/c10-11-12-18-9(15)8(14)5-6-1-3-7(4-2-6)13(16)17/h1-4H,5H2. The smallest absolute Gasteiger partial charge is 0.353 e. The molecule has 9 heteroatoms. The number of ketones is 1. The Labute approximate surface area is 99.7 Å². The average Bonchev–Trinajstić information content (AvgIpc) is 2.36. The van der Waals surface area contributed by atoms with E-state index >= 15 is 0 Å². The van der Waals surface area contributed by atoms with Crippen LogP contribution in [0.25, 0.3) is 10.4 Å². The van der Waals surface area contributed by atoms with Gasteiger partial charge in [0.2, 0.25) is 5.78 Å². The van der Waals surface area contributed by atoms with Crippen LogP contribution in [0.1, 0.15) is 5.56 Å². The zero-order valence-electron chi connectivity index (χ0n) is 8.85. The van der Waals surface area contributed by atoms with Crippen LogP contribution in [0.2, 0.25) is 0 Å². The van der Waals surface area contributed by atoms with Crippen LogP contribution in [0.15, 0.2) is 29.5 Å². The first-order valence-electron chi connectivity index (χ1n) is 4.56. The molecule has 0 unspecified atom stereocenters. The Bertz CT molecular complexity index is 532. The van der Waals surface area contributed by atoms with E-state index in [1.165, 1.54) is 24.3 Å². The van der Waals surface area contributed by atoms with E-state index in [4.69, 9.17) is 5.53 Å². The Morgan fingerprint density at radius 1 is 1.39 bits per heavy atom. The Hall–Kier alpha value is -2.93. The van der Waals surface area contributed by atoms with E-state index in [2.05, 4.69) is 15.0 Å². The summed E-state index contributed by atoms with van der Waals surface area (Å²) in [6.45, 7) is 0. The fraction of sp³-hybridized carbons (Fsp3) is 0.111. The first-order chi connectivity index (χ1) is 8.54. The molecule has 1 aromatic rings. The quantitative estimate of drug-likeness (QED) is 0.194. The van der Waals surface area contributed by atoms with Crippen molar-refractivity contribution in [3.8, 4) is 0 Å². The summed E-state index contributed by atoms with van der Waals surface area (Å²) < 4.78 is 0. The van der Waals surface area contributed by atoms with Crippen LogP contribution in [0.5, 0.6) is 0 Å². The van der Waals surface area contributed by atoms with Gasteiger partial charge in [-0.25, -0.2) is 4.79 Å². The molecule has 0 aliphatic heterocycles. The fourth-order valence-electron chi connectivity index (χ4n) is 1.10. The van der Waals surface area contributed by atoms with E-state index < -0.39 is 16.7 Å². The summed E-state index contributed by atoms with van der Waals surface area (Å²) in [4.78, 5) is 38.0. The Morgan fingerprint density at radius 3 is 2.50 bits per heavy atom. The molecule has 0 heterocycles. The molecule has 0 aromatic heterocycles. The molecule has 0 aliphatic rings. The monoisotopic (exact) mass is 250 g/mol. The van der Waals surface area contributed by atoms with E-state index in [0.29, 0.717) is 5.56 Å². The van der Waals surface area contributed by atoms with Crippen molar-refractivity contribution in [1.29, 1.82) is 0 Å². The molecule has 0 spiro atoms. The molecule has 0 bridgehead atoms. The molecule has 0 fully saturated rings. The van der Waals surface area contributed by atoms with Crippen molar-refractivity contribution in [2.45, 2.75) is 6.42 Å². The van der Waals surface area contributed by atoms with Crippen LogP contribution < -0.4 is 0 Å². The lowest BCUT2D eigenvalue weighted by Gasteiger charge is -1.98. The lowest BCUT2D eigenvalue weighted by molar-refractivity contribution is -0.384. The number of Topliss-reactive ketones (excluding diaryl/α,β-unsaturated/α-hetero) is 1. The predicted octanol–water partition coefficient (Wildman–Crippen LogP) is 1.47. The number of nitrogens with zero attached hydrogens (tertiary/aromatic N) is 4. The topological polar surface area (TPSA) is 135 Å². The number of nitro benzene ring substituents is 1. The van der Waals surface area contributed by atoms with Crippen LogP contribution in [0.3, 0.4) is 0 Å². The van der Waals surface area contributed by atoms with Gasteiger partial charge in [-0.15, -0.1) is 0 Å². The molecule has 0 atom stereocenters. The summed E-state index contributed by atoms with van der Waals surface area (Å²) in [6, 6.07) is 5.11. The van der Waals surface area contributed by atoms with Gasteiger partial charge >= 0.3 is 5.97 Å². The third-order valence-electron chi connectivity index (χ3n) is 1.90. The average molecular weight is 250 g/mol. The molecule has 0 radical (unpaired) electrons. The minimum absolute atomic E-state index is 0.122. The van der Waals surface area contributed by atoms with Crippen molar-refractivity contribution in [3.05, 3.63) is 50.4 Å². The number of carbonyl (C=O) groups excluding carboxylic acids is 2. The number of hydrogen-bond acceptors (Lipinski definition) is 6. The van der Waals surface area contributed by atoms with Crippen LogP contribution in [-0.2, 0) is 20.8 Å². The van der Waals surface area contributed by atoms with Gasteiger partial charge in [0.15, 0.2) is 0 Å². The number of benzene rings is 1. The van der Waals surface area contributed by atoms with Crippen molar-refractivity contribution >= 4 is 17.4 Å². The molecule has 1 rings (SSSR count). The first kappa shape index (κ1) is 13.1. The van der Waals surface area contributed by atoms with E-state index in [9.17, 15) is 19.7 Å². The molecule has 0 aliphatic carbocycles. The van der Waals surface area contributed by atoms with E-state index in [1.807, 2.05) is 0 Å². The highest BCUT2D eigenvalue weighted by Crippen LogP contribution is 2.12. The van der Waals surface area contributed by atoms with Gasteiger partial charge in [0.1, 0.15) is 5.28 Å². The summed E-state index contributed by atoms with van der Waals surface area (Å²) in [5.74, 6) is -2.21. The van der Waals surface area contributed by atoms with Crippen LogP contribution in [-0.4, -0.2) is 16.7 Å². The van der Waals surface area contributed by atoms with Gasteiger partial charge in [0.05, 0.1) is 4.92 Å². The number of azide groups is 1. The normalized spacial score (nSPS) is 9.11. The number of carbonyl (C=O) groups is 2. The van der Waals surface area contributed by atoms with Gasteiger partial charge in [0.25, 0.3) is 5.69 Å². The maximum absolute atomic E-state index is 11.2. The maximum atomic E-state index is 11.2. The summed E-state index contributed by atoms with van der Waals surface area (Å²) >= 11 is 0. The second kappa shape index (κ2) is 5.97. The Kier molecular flexibility index (Phi) is 4.35. The highest BCUT2D eigenvalue weighted by molar-refractivity contribution is 6.34. The largest absolute Gasteiger partial charge is 0.386 e. The molecule has 9 nitrogen and oxygen atoms in total. The minimum atomic E-state index is -1.29. The second-order valence-corrected chi connectivity index (χ2v) is 3.07. The van der Waals surface area contributed by atoms with Gasteiger partial charge < -0.3 is 4.84 Å². The Balaban J connectivity index is 2.67. The van der Waals surface area contributed by atoms with Gasteiger partial charge in [-0.1, -0.05) is 12.1 Å². The third kappa shape index (κ3) is 3.58. The van der Waals surface area contributed by atoms with Crippen LogP contribution in [0.4, 0.5) is 5.69 Å². The van der Waals surface area contributed by atoms with Crippen molar-refractivity contribution in [2.75, 3.05) is 0 Å². The number of non-ortho nitro benzene ring substituents is 1. The lowest BCUT2D eigenvalue weighted by atomic mass is 10.1. The van der Waals surface area contributed by atoms with Crippen molar-refractivity contribution in [1.82, 2.24) is 0 Å². The lowest BCUT2D eigenvalue weighted by Crippen LogP contribution is -2.17. The fourth-order valence-corrected chi connectivity index (χ4v) is 1.10. The summed E-state index contributed by atoms with van der Waals surface area (Å²) in [6.07, 6.45) is -0.294. The van der Waals surface area contributed by atoms with Gasteiger partial charge in [-0.05, 0) is 11.1 Å². The molecule has 18 heavy (non-hydrogen) atoms. The molecule has 0 amide bonds. The molecular formula is C9H6N4O5. The highest BCUT2D eigenvalue weighted by Gasteiger charge is 2.16. The molecular weight excluding hydrogens is 244 g/mol. The predicted molar refractivity (Wildman–Crippen MR) is 57.0 cm³/mol. The zero-order chi connectivity index (χ0) is 13.5. The van der Waals surface area contributed by atoms with E-state index in [1.54, 1.807) is 0 Å². The molecule has 0 saturated carbocycles. The first-order valence-corrected chi connectivity index (χ1v) is 4.56. The number of rotatable bonds is 5. The Morgan fingerprint density at radius 2 is 2.00 bits per heavy atom. The number of hydrogen-bond donors (Lipinski definition) is 0. The van der Waals surface area contributed by atoms with Gasteiger partial charge in [-0.3, -0.25) is 14.9 Å². The van der Waals surface area contributed by atoms with Crippen LogP contribution >= 0.6 is 0 Å². The molecule has 0 saturated heterocycles. The van der Waals surface area contributed by atoms with Crippen molar-refractivity contribution < 1.29 is 19.3 Å². The summed E-state index contributed by atoms with van der Waals surface area (Å²) in [5.41, 5.74) is 8.16.